The van der Waals surface area contributed by atoms with E-state index in [0.717, 1.165) is 11.1 Å². The Hall–Kier alpha value is -2.12. The van der Waals surface area contributed by atoms with Gasteiger partial charge < -0.3 is 0 Å². The minimum Gasteiger partial charge on any atom is -0.249 e. The lowest BCUT2D eigenvalue weighted by molar-refractivity contribution is 0.587. The molecule has 0 aliphatic carbocycles. The van der Waals surface area contributed by atoms with E-state index in [1.807, 2.05) is 42.5 Å². The van der Waals surface area contributed by atoms with Crippen LogP contribution < -0.4 is 0 Å². The maximum Gasteiger partial charge on any atom is 0.267 e. The molecule has 0 unspecified atom stereocenters. The predicted molar refractivity (Wildman–Crippen MR) is 124 cm³/mol. The van der Waals surface area contributed by atoms with Crippen LogP contribution in [0.2, 0.25) is 5.02 Å². The van der Waals surface area contributed by atoms with Crippen LogP contribution in [0, 0.1) is 0 Å². The number of benzene rings is 3. The molecule has 5 rings (SSSR count). The Morgan fingerprint density at radius 2 is 1.33 bits per heavy atom. The third-order valence-electron chi connectivity index (χ3n) is 4.95. The standard InChI is InChI=1S/C23H16ClNO2S3/c24-19-12-10-17(11-13-19)23(28-21-8-4-5-9-22(21)29-23)18-14-15-25(16-18)30(26,27)20-6-2-1-3-7-20/h1-16H. The van der Waals surface area contributed by atoms with Gasteiger partial charge in [0.05, 0.1) is 4.90 Å². The van der Waals surface area contributed by atoms with E-state index in [0.29, 0.717) is 5.02 Å². The molecule has 0 radical (unpaired) electrons. The molecule has 0 N–H and O–H groups in total. The van der Waals surface area contributed by atoms with E-state index in [1.165, 1.54) is 13.8 Å². The van der Waals surface area contributed by atoms with Crippen molar-refractivity contribution in [3.05, 3.63) is 113 Å². The van der Waals surface area contributed by atoms with Gasteiger partial charge in [-0.15, -0.1) is 0 Å². The number of hydrogen-bond acceptors (Lipinski definition) is 4. The Kier molecular flexibility index (Phi) is 4.98. The van der Waals surface area contributed by atoms with Crippen molar-refractivity contribution < 1.29 is 8.42 Å². The van der Waals surface area contributed by atoms with Crippen molar-refractivity contribution in [2.75, 3.05) is 0 Å². The summed E-state index contributed by atoms with van der Waals surface area (Å²) in [6.07, 6.45) is 3.35. The molecule has 0 saturated heterocycles. The first-order chi connectivity index (χ1) is 14.5. The highest BCUT2D eigenvalue weighted by Crippen LogP contribution is 2.64. The predicted octanol–water partition coefficient (Wildman–Crippen LogP) is 6.48. The summed E-state index contributed by atoms with van der Waals surface area (Å²) >= 11 is 9.59. The van der Waals surface area contributed by atoms with Crippen LogP contribution in [0.15, 0.2) is 112 Å². The van der Waals surface area contributed by atoms with Gasteiger partial charge in [0.2, 0.25) is 0 Å². The lowest BCUT2D eigenvalue weighted by Crippen LogP contribution is -2.16. The molecule has 3 nitrogen and oxygen atoms in total. The van der Waals surface area contributed by atoms with E-state index in [9.17, 15) is 8.42 Å². The third-order valence-corrected chi connectivity index (χ3v) is 10.1. The molecule has 0 bridgehead atoms. The molecule has 1 aromatic heterocycles. The fourth-order valence-electron chi connectivity index (χ4n) is 3.46. The summed E-state index contributed by atoms with van der Waals surface area (Å²) in [5.41, 5.74) is 1.98. The summed E-state index contributed by atoms with van der Waals surface area (Å²) in [6, 6.07) is 26.4. The fraction of sp³-hybridized carbons (Fsp3) is 0.0435. The van der Waals surface area contributed by atoms with E-state index in [2.05, 4.69) is 12.1 Å². The molecular weight excluding hydrogens is 454 g/mol. The summed E-state index contributed by atoms with van der Waals surface area (Å²) in [5.74, 6) is 0. The molecule has 1 aliphatic heterocycles. The molecule has 0 amide bonds. The van der Waals surface area contributed by atoms with Gasteiger partial charge >= 0.3 is 0 Å². The topological polar surface area (TPSA) is 39.1 Å². The smallest absolute Gasteiger partial charge is 0.249 e. The zero-order valence-corrected chi connectivity index (χ0v) is 18.8. The zero-order chi connectivity index (χ0) is 20.8. The van der Waals surface area contributed by atoms with E-state index >= 15 is 0 Å². The molecule has 0 spiro atoms. The molecule has 1 aliphatic rings. The van der Waals surface area contributed by atoms with E-state index < -0.39 is 14.1 Å². The molecule has 3 aromatic carbocycles. The quantitative estimate of drug-likeness (QED) is 0.343. The van der Waals surface area contributed by atoms with Crippen molar-refractivity contribution in [3.8, 4) is 0 Å². The largest absolute Gasteiger partial charge is 0.267 e. The lowest BCUT2D eigenvalue weighted by Gasteiger charge is -2.27. The summed E-state index contributed by atoms with van der Waals surface area (Å²) in [5, 5.41) is 0.670. The Balaban J connectivity index is 1.63. The van der Waals surface area contributed by atoms with Crippen LogP contribution in [-0.4, -0.2) is 12.4 Å². The molecule has 7 heteroatoms. The lowest BCUT2D eigenvalue weighted by atomic mass is 10.1. The number of nitrogens with zero attached hydrogens (tertiary/aromatic N) is 1. The maximum atomic E-state index is 13.1. The van der Waals surface area contributed by atoms with Crippen molar-refractivity contribution in [2.45, 2.75) is 18.8 Å². The van der Waals surface area contributed by atoms with Crippen LogP contribution in [0.3, 0.4) is 0 Å². The van der Waals surface area contributed by atoms with Crippen LogP contribution in [0.1, 0.15) is 11.1 Å². The number of hydrogen-bond donors (Lipinski definition) is 0. The van der Waals surface area contributed by atoms with E-state index in [1.54, 1.807) is 66.2 Å². The highest BCUT2D eigenvalue weighted by Gasteiger charge is 2.43. The number of thioether (sulfide) groups is 2. The van der Waals surface area contributed by atoms with E-state index in [4.69, 9.17) is 11.6 Å². The minimum absolute atomic E-state index is 0.266. The van der Waals surface area contributed by atoms with Crippen molar-refractivity contribution in [3.63, 3.8) is 0 Å². The van der Waals surface area contributed by atoms with Gasteiger partial charge in [-0.05, 0) is 48.0 Å². The number of fused-ring (bicyclic) bond motifs is 1. The molecule has 0 saturated carbocycles. The SMILES string of the molecule is O=S(=O)(c1ccccc1)n1ccc(C2(c3ccc(Cl)cc3)Sc3ccccc3S2)c1. The Morgan fingerprint density at radius 1 is 0.733 bits per heavy atom. The normalized spacial score (nSPS) is 15.1. The second-order valence-corrected chi connectivity index (χ2v) is 11.9. The summed E-state index contributed by atoms with van der Waals surface area (Å²) in [7, 11) is -3.65. The highest BCUT2D eigenvalue weighted by atomic mass is 35.5. The van der Waals surface area contributed by atoms with Crippen LogP contribution in [0.4, 0.5) is 0 Å². The Labute approximate surface area is 189 Å². The third kappa shape index (κ3) is 3.28. The zero-order valence-electron chi connectivity index (χ0n) is 15.6. The number of aromatic nitrogens is 1. The highest BCUT2D eigenvalue weighted by molar-refractivity contribution is 8.20. The second-order valence-electron chi connectivity index (χ2n) is 6.82. The van der Waals surface area contributed by atoms with Gasteiger partial charge in [0.25, 0.3) is 10.0 Å². The van der Waals surface area contributed by atoms with Gasteiger partial charge in [0.15, 0.2) is 0 Å². The molecule has 2 heterocycles. The van der Waals surface area contributed by atoms with Gasteiger partial charge in [-0.3, -0.25) is 0 Å². The molecule has 4 aromatic rings. The summed E-state index contributed by atoms with van der Waals surface area (Å²) in [6.45, 7) is 0. The first-order valence-corrected chi connectivity index (χ1v) is 12.7. The number of rotatable bonds is 4. The van der Waals surface area contributed by atoms with Crippen LogP contribution in [0.5, 0.6) is 0 Å². The van der Waals surface area contributed by atoms with Crippen LogP contribution >= 0.6 is 35.1 Å². The number of halogens is 1. The van der Waals surface area contributed by atoms with Gasteiger partial charge in [-0.25, -0.2) is 12.4 Å². The van der Waals surface area contributed by atoms with Crippen molar-refractivity contribution in [1.29, 1.82) is 0 Å². The molecule has 30 heavy (non-hydrogen) atoms. The van der Waals surface area contributed by atoms with Gasteiger partial charge in [-0.1, -0.05) is 77.6 Å². The molecule has 0 fully saturated rings. The first-order valence-electron chi connectivity index (χ1n) is 9.21. The average Bonchev–Trinajstić information content (AvgIpc) is 3.41. The van der Waals surface area contributed by atoms with Crippen molar-refractivity contribution in [1.82, 2.24) is 3.97 Å². The van der Waals surface area contributed by atoms with Gasteiger partial charge in [0, 0.05) is 32.8 Å². The summed E-state index contributed by atoms with van der Waals surface area (Å²) in [4.78, 5) is 2.62. The van der Waals surface area contributed by atoms with Crippen LogP contribution in [0.25, 0.3) is 0 Å². The maximum absolute atomic E-state index is 13.1. The van der Waals surface area contributed by atoms with E-state index in [-0.39, 0.29) is 4.90 Å². The summed E-state index contributed by atoms with van der Waals surface area (Å²) < 4.78 is 27.0. The van der Waals surface area contributed by atoms with Crippen LogP contribution in [-0.2, 0) is 14.1 Å². The molecule has 0 atom stereocenters. The molecular formula is C23H16ClNO2S3. The minimum atomic E-state index is -3.65. The first kappa shape index (κ1) is 19.8. The van der Waals surface area contributed by atoms with Gasteiger partial charge in [-0.2, -0.15) is 0 Å². The monoisotopic (exact) mass is 469 g/mol. The second kappa shape index (κ2) is 7.54. The fourth-order valence-corrected chi connectivity index (χ4v) is 7.99. The Morgan fingerprint density at radius 3 is 1.97 bits per heavy atom. The molecule has 150 valence electrons. The average molecular weight is 470 g/mol. The van der Waals surface area contributed by atoms with Crippen molar-refractivity contribution in [2.24, 2.45) is 0 Å². The Bertz CT molecular complexity index is 1290. The van der Waals surface area contributed by atoms with Crippen molar-refractivity contribution >= 4 is 45.1 Å². The van der Waals surface area contributed by atoms with Gasteiger partial charge in [0.1, 0.15) is 4.08 Å².